The highest BCUT2D eigenvalue weighted by molar-refractivity contribution is 6.62. The first-order valence-electron chi connectivity index (χ1n) is 22.3. The molecule has 4 bridgehead atoms. The van der Waals surface area contributed by atoms with Gasteiger partial charge in [0.1, 0.15) is 11.9 Å². The largest absolute Gasteiger partial charge is 0.495 e. The molecule has 2 saturated heterocycles. The van der Waals surface area contributed by atoms with E-state index in [0.29, 0.717) is 29.6 Å². The highest BCUT2D eigenvalue weighted by Crippen LogP contribution is 2.61. The molecule has 2 amide bonds. The number of methoxy groups -OCH3 is 1. The summed E-state index contributed by atoms with van der Waals surface area (Å²) in [5.74, 6) is 3.56. The van der Waals surface area contributed by atoms with Crippen molar-refractivity contribution >= 4 is 24.6 Å². The summed E-state index contributed by atoms with van der Waals surface area (Å²) < 4.78 is 18.2. The van der Waals surface area contributed by atoms with Crippen molar-refractivity contribution in [2.24, 2.45) is 11.8 Å². The summed E-state index contributed by atoms with van der Waals surface area (Å²) in [5.41, 5.74) is 14.4. The molecule has 59 heavy (non-hydrogen) atoms. The SMILES string of the molecule is COC(=O)N[C@H](C(=O)N1C2CC2C[C@H]1c1ncc(-c2ccc(-c3ccc(-c4ccc(B5OC(C)(C)C(C)(C)O5)c5c4C4CCC5C4)c4c3C3CCC4C3)cc2)[nH]1)C(C)C. The number of hydrogen-bond donors (Lipinski definition) is 2. The number of aromatic nitrogens is 2. The molecule has 7 aliphatic rings. The van der Waals surface area contributed by atoms with Gasteiger partial charge in [0.05, 0.1) is 36.2 Å². The van der Waals surface area contributed by atoms with E-state index in [1.165, 1.54) is 78.9 Å². The molecule has 11 rings (SSSR count). The number of benzene rings is 3. The average molecular weight is 793 g/mol. The average Bonchev–Trinajstić information content (AvgIpc) is 3.98. The standard InChI is InChI=1S/C49H57BN4O5/c1-25(2)44(53-47(56)57-7)46(55)54-38-22-32(38)23-39(54)45-51-24-37(52-45)27-10-8-26(9-11-27)33-16-17-34(41-29-13-12-28(20-29)40(33)41)35-18-19-36(43-31-15-14-30(21-31)42(35)43)50-58-48(3,4)49(5,6)59-50/h8-11,16-19,24-25,28-32,38-39,44H,12-15,20-23H2,1-7H3,(H,51,52)(H,53,56)/t28?,29?,30?,31?,32?,38?,39-,44-/m0/s1. The third-order valence-electron chi connectivity index (χ3n) is 16.1. The van der Waals surface area contributed by atoms with Gasteiger partial charge < -0.3 is 29.2 Å². The van der Waals surface area contributed by atoms with Crippen molar-refractivity contribution < 1.29 is 23.6 Å². The first-order valence-corrected chi connectivity index (χ1v) is 22.3. The number of rotatable bonds is 8. The Bertz CT molecular complexity index is 2370. The van der Waals surface area contributed by atoms with Crippen molar-refractivity contribution in [1.29, 1.82) is 0 Å². The van der Waals surface area contributed by atoms with Crippen LogP contribution >= 0.6 is 0 Å². The third kappa shape index (κ3) is 5.74. The van der Waals surface area contributed by atoms with E-state index < -0.39 is 12.1 Å². The van der Waals surface area contributed by atoms with Crippen molar-refractivity contribution in [3.05, 3.63) is 82.8 Å². The van der Waals surface area contributed by atoms with Crippen LogP contribution in [0.1, 0.15) is 151 Å². The molecule has 6 unspecified atom stereocenters. The van der Waals surface area contributed by atoms with Gasteiger partial charge in [-0.25, -0.2) is 9.78 Å². The molecule has 2 aliphatic heterocycles. The van der Waals surface area contributed by atoms with Crippen LogP contribution in [0.3, 0.4) is 0 Å². The summed E-state index contributed by atoms with van der Waals surface area (Å²) in [5, 5.41) is 2.78. The number of alkyl carbamates (subject to hydrolysis) is 1. The van der Waals surface area contributed by atoms with Crippen LogP contribution < -0.4 is 10.8 Å². The Balaban J connectivity index is 0.890. The Hall–Kier alpha value is -4.41. The first kappa shape index (κ1) is 37.6. The fourth-order valence-electron chi connectivity index (χ4n) is 12.3. The van der Waals surface area contributed by atoms with Gasteiger partial charge in [-0.2, -0.15) is 0 Å². The molecule has 9 nitrogen and oxygen atoms in total. The topological polar surface area (TPSA) is 106 Å². The molecule has 306 valence electrons. The predicted molar refractivity (Wildman–Crippen MR) is 230 cm³/mol. The van der Waals surface area contributed by atoms with E-state index in [1.54, 1.807) is 16.7 Å². The van der Waals surface area contributed by atoms with E-state index in [-0.39, 0.29) is 42.2 Å². The number of amides is 2. The number of aromatic amines is 1. The minimum atomic E-state index is -0.652. The van der Waals surface area contributed by atoms with E-state index in [0.717, 1.165) is 29.9 Å². The molecule has 8 atom stereocenters. The number of carbonyl (C=O) groups is 2. The molecule has 4 aromatic rings. The van der Waals surface area contributed by atoms with E-state index >= 15 is 0 Å². The Morgan fingerprint density at radius 2 is 1.34 bits per heavy atom. The number of nitrogens with one attached hydrogen (secondary N) is 2. The van der Waals surface area contributed by atoms with E-state index in [1.807, 2.05) is 24.9 Å². The van der Waals surface area contributed by atoms with Crippen LogP contribution in [0.2, 0.25) is 0 Å². The molecule has 0 spiro atoms. The molecule has 0 radical (unpaired) electrons. The van der Waals surface area contributed by atoms with E-state index in [9.17, 15) is 9.59 Å². The summed E-state index contributed by atoms with van der Waals surface area (Å²) in [6, 6.07) is 18.0. The van der Waals surface area contributed by atoms with Gasteiger partial charge in [-0.3, -0.25) is 4.79 Å². The second-order valence-corrected chi connectivity index (χ2v) is 20.2. The quantitative estimate of drug-likeness (QED) is 0.172. The fourth-order valence-corrected chi connectivity index (χ4v) is 12.3. The second-order valence-electron chi connectivity index (χ2n) is 20.2. The minimum absolute atomic E-state index is 0.0647. The number of ether oxygens (including phenoxy) is 1. The molecule has 5 aliphatic carbocycles. The zero-order valence-electron chi connectivity index (χ0n) is 35.6. The maximum atomic E-state index is 13.9. The van der Waals surface area contributed by atoms with Gasteiger partial charge in [0.2, 0.25) is 5.91 Å². The van der Waals surface area contributed by atoms with Crippen molar-refractivity contribution in [2.45, 2.75) is 146 Å². The Morgan fingerprint density at radius 1 is 0.780 bits per heavy atom. The summed E-state index contributed by atoms with van der Waals surface area (Å²) in [4.78, 5) is 36.5. The summed E-state index contributed by atoms with van der Waals surface area (Å²) in [6.07, 6.45) is 10.8. The monoisotopic (exact) mass is 792 g/mol. The predicted octanol–water partition coefficient (Wildman–Crippen LogP) is 9.48. The smallest absolute Gasteiger partial charge is 0.453 e. The van der Waals surface area contributed by atoms with Crippen molar-refractivity contribution in [3.63, 3.8) is 0 Å². The maximum absolute atomic E-state index is 13.9. The summed E-state index contributed by atoms with van der Waals surface area (Å²) in [6.45, 7) is 12.5. The van der Waals surface area contributed by atoms with Gasteiger partial charge in [0.25, 0.3) is 0 Å². The second kappa shape index (κ2) is 13.3. The first-order chi connectivity index (χ1) is 28.3. The zero-order valence-corrected chi connectivity index (χ0v) is 35.6. The molecule has 3 saturated carbocycles. The van der Waals surface area contributed by atoms with Crippen LogP contribution in [0.25, 0.3) is 33.5 Å². The lowest BCUT2D eigenvalue weighted by Gasteiger charge is -2.32. The van der Waals surface area contributed by atoms with Crippen LogP contribution in [-0.2, 0) is 18.8 Å². The summed E-state index contributed by atoms with van der Waals surface area (Å²) >= 11 is 0. The van der Waals surface area contributed by atoms with Crippen molar-refractivity contribution in [3.8, 4) is 33.5 Å². The fraction of sp³-hybridized carbons (Fsp3) is 0.531. The number of likely N-dealkylation sites (tertiary alicyclic amines) is 1. The Labute approximate surface area is 348 Å². The number of hydrogen-bond acceptors (Lipinski definition) is 6. The van der Waals surface area contributed by atoms with Crippen LogP contribution in [0.15, 0.2) is 54.7 Å². The van der Waals surface area contributed by atoms with Crippen molar-refractivity contribution in [2.75, 3.05) is 7.11 Å². The van der Waals surface area contributed by atoms with E-state index in [4.69, 9.17) is 19.0 Å². The number of piperidine rings is 1. The summed E-state index contributed by atoms with van der Waals surface area (Å²) in [7, 11) is 1.00. The maximum Gasteiger partial charge on any atom is 0.495 e. The van der Waals surface area contributed by atoms with Gasteiger partial charge in [-0.15, -0.1) is 0 Å². The lowest BCUT2D eigenvalue weighted by atomic mass is 9.69. The van der Waals surface area contributed by atoms with E-state index in [2.05, 4.69) is 86.5 Å². The van der Waals surface area contributed by atoms with Gasteiger partial charge in [-0.1, -0.05) is 62.4 Å². The molecular weight excluding hydrogens is 735 g/mol. The number of imidazole rings is 1. The highest BCUT2D eigenvalue weighted by atomic mass is 16.7. The molecule has 1 aromatic heterocycles. The van der Waals surface area contributed by atoms with Crippen LogP contribution in [-0.4, -0.2) is 64.4 Å². The zero-order chi connectivity index (χ0) is 40.7. The lowest BCUT2D eigenvalue weighted by Crippen LogP contribution is -2.52. The molecular formula is C49H57BN4O5. The molecule has 2 N–H and O–H groups in total. The molecule has 5 fully saturated rings. The van der Waals surface area contributed by atoms with Crippen LogP contribution in [0, 0.1) is 11.8 Å². The number of carbonyl (C=O) groups excluding carboxylic acids is 2. The van der Waals surface area contributed by atoms with Gasteiger partial charge in [0.15, 0.2) is 0 Å². The number of H-pyrrole nitrogens is 1. The van der Waals surface area contributed by atoms with Gasteiger partial charge in [0, 0.05) is 6.04 Å². The highest BCUT2D eigenvalue weighted by Gasteiger charge is 2.57. The molecule has 3 aromatic carbocycles. The molecule has 10 heteroatoms. The number of nitrogens with zero attached hydrogens (tertiary/aromatic N) is 2. The van der Waals surface area contributed by atoms with Crippen molar-refractivity contribution in [1.82, 2.24) is 20.2 Å². The Kier molecular flexibility index (Phi) is 8.47. The normalized spacial score (nSPS) is 29.2. The molecule has 3 heterocycles. The Morgan fingerprint density at radius 3 is 1.97 bits per heavy atom. The minimum Gasteiger partial charge on any atom is -0.453 e. The third-order valence-corrected chi connectivity index (χ3v) is 16.1. The lowest BCUT2D eigenvalue weighted by molar-refractivity contribution is -0.136. The van der Waals surface area contributed by atoms with Gasteiger partial charge >= 0.3 is 13.2 Å². The van der Waals surface area contributed by atoms with Gasteiger partial charge in [-0.05, 0) is 170 Å². The number of fused-ring (bicyclic) bond motifs is 11. The van der Waals surface area contributed by atoms with Crippen LogP contribution in [0.5, 0.6) is 0 Å². The van der Waals surface area contributed by atoms with Crippen LogP contribution in [0.4, 0.5) is 4.79 Å².